The first-order valence-electron chi connectivity index (χ1n) is 6.43. The third-order valence-corrected chi connectivity index (χ3v) is 5.02. The molecule has 1 heterocycles. The molecule has 100 valence electrons. The molecule has 3 atom stereocenters. The van der Waals surface area contributed by atoms with E-state index < -0.39 is 0 Å². The highest BCUT2D eigenvalue weighted by Crippen LogP contribution is 2.32. The van der Waals surface area contributed by atoms with Crippen LogP contribution in [0.15, 0.2) is 18.2 Å². The molecule has 1 N–H and O–H groups in total. The van der Waals surface area contributed by atoms with E-state index in [1.54, 1.807) is 12.1 Å². The van der Waals surface area contributed by atoms with Gasteiger partial charge in [0.05, 0.1) is 5.69 Å². The largest absolute Gasteiger partial charge is 0.368 e. The number of piperidine rings is 1. The maximum atomic E-state index is 13.2. The van der Waals surface area contributed by atoms with Crippen LogP contribution >= 0.6 is 22.6 Å². The lowest BCUT2D eigenvalue weighted by atomic mass is 9.87. The number of nitrogens with one attached hydrogen (secondary N) is 1. The molecule has 0 spiro atoms. The first-order chi connectivity index (χ1) is 8.54. The predicted molar refractivity (Wildman–Crippen MR) is 82.6 cm³/mol. The zero-order valence-electron chi connectivity index (χ0n) is 11.1. The van der Waals surface area contributed by atoms with Crippen molar-refractivity contribution in [2.45, 2.75) is 32.4 Å². The van der Waals surface area contributed by atoms with E-state index >= 15 is 0 Å². The topological polar surface area (TPSA) is 15.3 Å². The first kappa shape index (κ1) is 14.1. The van der Waals surface area contributed by atoms with Crippen LogP contribution in [-0.4, -0.2) is 25.7 Å². The van der Waals surface area contributed by atoms with Crippen molar-refractivity contribution < 1.29 is 4.39 Å². The molecule has 2 rings (SSSR count). The Bertz CT molecular complexity index is 424. The van der Waals surface area contributed by atoms with Gasteiger partial charge in [-0.1, -0.05) is 6.92 Å². The summed E-state index contributed by atoms with van der Waals surface area (Å²) in [4.78, 5) is 2.40. The van der Waals surface area contributed by atoms with Gasteiger partial charge >= 0.3 is 0 Å². The molecule has 1 fully saturated rings. The molecule has 2 nitrogen and oxygen atoms in total. The molecule has 1 aliphatic rings. The maximum Gasteiger partial charge on any atom is 0.124 e. The van der Waals surface area contributed by atoms with Crippen LogP contribution < -0.4 is 10.2 Å². The van der Waals surface area contributed by atoms with Crippen molar-refractivity contribution in [3.63, 3.8) is 0 Å². The van der Waals surface area contributed by atoms with Crippen molar-refractivity contribution in [1.29, 1.82) is 0 Å². The van der Waals surface area contributed by atoms with E-state index in [-0.39, 0.29) is 5.82 Å². The molecule has 0 radical (unpaired) electrons. The van der Waals surface area contributed by atoms with Gasteiger partial charge in [-0.3, -0.25) is 0 Å². The highest BCUT2D eigenvalue weighted by atomic mass is 127. The number of hydrogen-bond donors (Lipinski definition) is 1. The Kier molecular flexibility index (Phi) is 4.48. The summed E-state index contributed by atoms with van der Waals surface area (Å²) in [5.41, 5.74) is 1.16. The minimum atomic E-state index is -0.158. The summed E-state index contributed by atoms with van der Waals surface area (Å²) in [5, 5.41) is 3.39. The summed E-state index contributed by atoms with van der Waals surface area (Å²) in [6.07, 6.45) is 1.13. The van der Waals surface area contributed by atoms with Gasteiger partial charge in [0.2, 0.25) is 0 Å². The summed E-state index contributed by atoms with van der Waals surface area (Å²) in [6.45, 7) is 5.57. The normalized spacial score (nSPS) is 28.5. The molecule has 1 aromatic carbocycles. The Morgan fingerprint density at radius 3 is 2.72 bits per heavy atom. The second-order valence-corrected chi connectivity index (χ2v) is 6.23. The van der Waals surface area contributed by atoms with E-state index in [1.165, 1.54) is 0 Å². The smallest absolute Gasteiger partial charge is 0.124 e. The van der Waals surface area contributed by atoms with Gasteiger partial charge in [0, 0.05) is 22.2 Å². The maximum absolute atomic E-state index is 13.2. The SMILES string of the molecule is CNC1CCN(c2ccc(F)cc2I)C(C)C1C. The molecule has 1 saturated heterocycles. The molecule has 4 heteroatoms. The molecule has 18 heavy (non-hydrogen) atoms. The van der Waals surface area contributed by atoms with E-state index in [2.05, 4.69) is 46.7 Å². The number of halogens is 2. The quantitative estimate of drug-likeness (QED) is 0.813. The first-order valence-corrected chi connectivity index (χ1v) is 7.51. The van der Waals surface area contributed by atoms with E-state index in [1.807, 2.05) is 13.1 Å². The Labute approximate surface area is 122 Å². The highest BCUT2D eigenvalue weighted by molar-refractivity contribution is 14.1. The van der Waals surface area contributed by atoms with Crippen LogP contribution in [0.1, 0.15) is 20.3 Å². The molecule has 0 aromatic heterocycles. The molecule has 0 bridgehead atoms. The Morgan fingerprint density at radius 1 is 1.39 bits per heavy atom. The zero-order chi connectivity index (χ0) is 13.3. The molecule has 0 saturated carbocycles. The van der Waals surface area contributed by atoms with Crippen LogP contribution in [0.4, 0.5) is 10.1 Å². The predicted octanol–water partition coefficient (Wildman–Crippen LogP) is 3.25. The van der Waals surface area contributed by atoms with Crippen LogP contribution in [0.2, 0.25) is 0 Å². The van der Waals surface area contributed by atoms with Crippen LogP contribution in [0, 0.1) is 15.3 Å². The summed E-state index contributed by atoms with van der Waals surface area (Å²) in [5.74, 6) is 0.429. The number of anilines is 1. The van der Waals surface area contributed by atoms with Crippen molar-refractivity contribution in [3.05, 3.63) is 27.6 Å². The summed E-state index contributed by atoms with van der Waals surface area (Å²) in [6, 6.07) is 6.11. The Balaban J connectivity index is 2.24. The van der Waals surface area contributed by atoms with E-state index in [4.69, 9.17) is 0 Å². The Hall–Kier alpha value is -0.360. The fraction of sp³-hybridized carbons (Fsp3) is 0.571. The number of hydrogen-bond acceptors (Lipinski definition) is 2. The highest BCUT2D eigenvalue weighted by Gasteiger charge is 2.32. The van der Waals surface area contributed by atoms with E-state index in [0.717, 1.165) is 22.2 Å². The Morgan fingerprint density at radius 2 is 2.11 bits per heavy atom. The van der Waals surface area contributed by atoms with Gasteiger partial charge in [-0.15, -0.1) is 0 Å². The lowest BCUT2D eigenvalue weighted by Crippen LogP contribution is -2.53. The second-order valence-electron chi connectivity index (χ2n) is 5.07. The average molecular weight is 362 g/mol. The van der Waals surface area contributed by atoms with Gasteiger partial charge in [-0.25, -0.2) is 4.39 Å². The molecule has 1 aromatic rings. The molecule has 0 aliphatic carbocycles. The molecule has 1 aliphatic heterocycles. The summed E-state index contributed by atoms with van der Waals surface area (Å²) in [7, 11) is 2.03. The van der Waals surface area contributed by atoms with Gasteiger partial charge < -0.3 is 10.2 Å². The fourth-order valence-electron chi connectivity index (χ4n) is 2.83. The minimum Gasteiger partial charge on any atom is -0.368 e. The summed E-state index contributed by atoms with van der Waals surface area (Å²) < 4.78 is 14.2. The number of benzene rings is 1. The van der Waals surface area contributed by atoms with Gasteiger partial charge in [-0.05, 0) is 67.1 Å². The number of rotatable bonds is 2. The fourth-order valence-corrected chi connectivity index (χ4v) is 3.61. The van der Waals surface area contributed by atoms with Crippen molar-refractivity contribution in [1.82, 2.24) is 5.32 Å². The van der Waals surface area contributed by atoms with Crippen molar-refractivity contribution in [2.24, 2.45) is 5.92 Å². The van der Waals surface area contributed by atoms with Crippen LogP contribution in [0.25, 0.3) is 0 Å². The third kappa shape index (κ3) is 2.64. The van der Waals surface area contributed by atoms with Crippen LogP contribution in [0.5, 0.6) is 0 Å². The van der Waals surface area contributed by atoms with E-state index in [9.17, 15) is 4.39 Å². The van der Waals surface area contributed by atoms with Gasteiger partial charge in [0.15, 0.2) is 0 Å². The van der Waals surface area contributed by atoms with Crippen LogP contribution in [-0.2, 0) is 0 Å². The van der Waals surface area contributed by atoms with Crippen LogP contribution in [0.3, 0.4) is 0 Å². The van der Waals surface area contributed by atoms with Crippen molar-refractivity contribution in [2.75, 3.05) is 18.5 Å². The van der Waals surface area contributed by atoms with E-state index in [0.29, 0.717) is 18.0 Å². The van der Waals surface area contributed by atoms with Crippen molar-refractivity contribution in [3.8, 4) is 0 Å². The van der Waals surface area contributed by atoms with Gasteiger partial charge in [0.25, 0.3) is 0 Å². The number of nitrogens with zero attached hydrogens (tertiary/aromatic N) is 1. The second kappa shape index (κ2) is 5.74. The molecule has 0 amide bonds. The monoisotopic (exact) mass is 362 g/mol. The zero-order valence-corrected chi connectivity index (χ0v) is 13.2. The molecular formula is C14H20FIN2. The van der Waals surface area contributed by atoms with Crippen molar-refractivity contribution >= 4 is 28.3 Å². The molecular weight excluding hydrogens is 342 g/mol. The standard InChI is InChI=1S/C14H20FIN2/c1-9-10(2)18(7-6-13(9)17-3)14-5-4-11(15)8-12(14)16/h4-5,8-10,13,17H,6-7H2,1-3H3. The minimum absolute atomic E-state index is 0.158. The van der Waals surface area contributed by atoms with Gasteiger partial charge in [-0.2, -0.15) is 0 Å². The van der Waals surface area contributed by atoms with Gasteiger partial charge in [0.1, 0.15) is 5.82 Å². The lowest BCUT2D eigenvalue weighted by molar-refractivity contribution is 0.282. The third-order valence-electron chi connectivity index (χ3n) is 4.16. The summed E-state index contributed by atoms with van der Waals surface area (Å²) >= 11 is 2.22. The molecule has 3 unspecified atom stereocenters. The lowest BCUT2D eigenvalue weighted by Gasteiger charge is -2.44. The average Bonchev–Trinajstić information content (AvgIpc) is 2.34.